The summed E-state index contributed by atoms with van der Waals surface area (Å²) < 4.78 is 5.55. The Labute approximate surface area is 113 Å². The molecular weight excluding hydrogens is 240 g/mol. The number of aromatic nitrogens is 1. The second-order valence-corrected chi connectivity index (χ2v) is 4.48. The highest BCUT2D eigenvalue weighted by molar-refractivity contribution is 5.91. The van der Waals surface area contributed by atoms with Crippen LogP contribution in [0.5, 0.6) is 0 Å². The molecule has 2 heterocycles. The predicted octanol–water partition coefficient (Wildman–Crippen LogP) is 3.21. The first kappa shape index (κ1) is 13.3. The van der Waals surface area contributed by atoms with Gasteiger partial charge in [-0.1, -0.05) is 6.07 Å². The molecule has 4 heteroatoms. The molecule has 0 unspecified atom stereocenters. The highest BCUT2D eigenvalue weighted by Gasteiger charge is 2.12. The Morgan fingerprint density at radius 1 is 1.32 bits per heavy atom. The minimum Gasteiger partial charge on any atom is -0.437 e. The smallest absolute Gasteiger partial charge is 0.196 e. The normalized spacial score (nSPS) is 10.5. The van der Waals surface area contributed by atoms with E-state index in [0.717, 1.165) is 17.9 Å². The van der Waals surface area contributed by atoms with Crippen molar-refractivity contribution in [3.05, 3.63) is 47.5 Å². The molecule has 0 spiro atoms. The van der Waals surface area contributed by atoms with E-state index in [0.29, 0.717) is 18.2 Å². The van der Waals surface area contributed by atoms with Crippen molar-refractivity contribution in [3.8, 4) is 0 Å². The van der Waals surface area contributed by atoms with Gasteiger partial charge in [0, 0.05) is 25.2 Å². The molecule has 0 bridgehead atoms. The third-order valence-electron chi connectivity index (χ3n) is 2.93. The van der Waals surface area contributed by atoms with Gasteiger partial charge in [-0.15, -0.1) is 0 Å². The summed E-state index contributed by atoms with van der Waals surface area (Å²) in [5.41, 5.74) is 1.99. The van der Waals surface area contributed by atoms with E-state index in [1.807, 2.05) is 43.0 Å². The molecule has 0 aliphatic heterocycles. The Morgan fingerprint density at radius 2 is 2.11 bits per heavy atom. The Hall–Kier alpha value is -2.10. The van der Waals surface area contributed by atoms with E-state index in [2.05, 4.69) is 4.98 Å². The van der Waals surface area contributed by atoms with Crippen LogP contribution >= 0.6 is 0 Å². The molecule has 0 aliphatic rings. The van der Waals surface area contributed by atoms with Crippen LogP contribution in [0.25, 0.3) is 0 Å². The van der Waals surface area contributed by atoms with Gasteiger partial charge in [0.1, 0.15) is 0 Å². The minimum absolute atomic E-state index is 0.0593. The van der Waals surface area contributed by atoms with Gasteiger partial charge in [0.25, 0.3) is 0 Å². The summed E-state index contributed by atoms with van der Waals surface area (Å²) in [6.07, 6.45) is 0. The van der Waals surface area contributed by atoms with Crippen molar-refractivity contribution >= 4 is 11.7 Å². The molecule has 2 rings (SSSR count). The van der Waals surface area contributed by atoms with Crippen molar-refractivity contribution < 1.29 is 9.21 Å². The van der Waals surface area contributed by atoms with Crippen molar-refractivity contribution in [2.24, 2.45) is 0 Å². The third kappa shape index (κ3) is 3.22. The van der Waals surface area contributed by atoms with E-state index in [9.17, 15) is 4.79 Å². The number of Topliss-reactive ketones (excluding diaryl/α,β-unsaturated/α-hetero) is 1. The molecular formula is C15H18N2O2. The number of carbonyl (C=O) groups is 1. The van der Waals surface area contributed by atoms with Gasteiger partial charge in [-0.2, -0.15) is 0 Å². The van der Waals surface area contributed by atoms with Crippen molar-refractivity contribution in [3.63, 3.8) is 0 Å². The number of ketones is 1. The molecule has 2 aromatic heterocycles. The van der Waals surface area contributed by atoms with E-state index in [1.54, 1.807) is 6.07 Å². The zero-order valence-corrected chi connectivity index (χ0v) is 11.5. The number of furan rings is 1. The molecule has 0 amide bonds. The van der Waals surface area contributed by atoms with Gasteiger partial charge in [-0.3, -0.25) is 9.78 Å². The summed E-state index contributed by atoms with van der Waals surface area (Å²) in [5, 5.41) is 0. The van der Waals surface area contributed by atoms with Gasteiger partial charge in [0.15, 0.2) is 17.4 Å². The molecule has 4 nitrogen and oxygen atoms in total. The van der Waals surface area contributed by atoms with Gasteiger partial charge in [-0.25, -0.2) is 0 Å². The van der Waals surface area contributed by atoms with Crippen molar-refractivity contribution in [2.45, 2.75) is 27.3 Å². The predicted molar refractivity (Wildman–Crippen MR) is 74.4 cm³/mol. The first-order chi connectivity index (χ1) is 9.10. The lowest BCUT2D eigenvalue weighted by Crippen LogP contribution is -2.22. The average Bonchev–Trinajstić information content (AvgIpc) is 2.85. The Kier molecular flexibility index (Phi) is 4.00. The van der Waals surface area contributed by atoms with Crippen LogP contribution in [0.2, 0.25) is 0 Å². The Bertz CT molecular complexity index is 575. The monoisotopic (exact) mass is 258 g/mol. The van der Waals surface area contributed by atoms with Gasteiger partial charge in [0.05, 0.1) is 12.2 Å². The van der Waals surface area contributed by atoms with Gasteiger partial charge >= 0.3 is 0 Å². The fraction of sp³-hybridized carbons (Fsp3) is 0.333. The van der Waals surface area contributed by atoms with Crippen LogP contribution in [0, 0.1) is 6.92 Å². The maximum absolute atomic E-state index is 11.2. The average molecular weight is 258 g/mol. The Morgan fingerprint density at radius 3 is 2.68 bits per heavy atom. The van der Waals surface area contributed by atoms with Crippen molar-refractivity contribution in [1.82, 2.24) is 4.98 Å². The van der Waals surface area contributed by atoms with E-state index >= 15 is 0 Å². The number of carbonyl (C=O) groups excluding carboxylic acids is 1. The van der Waals surface area contributed by atoms with Crippen LogP contribution in [-0.4, -0.2) is 17.3 Å². The standard InChI is InChI=1S/C15H18N2O2/c1-4-17(10-13-7-5-6-11(2)16-13)15-9-8-14(19-15)12(3)18/h5-9H,4,10H2,1-3H3. The maximum Gasteiger partial charge on any atom is 0.196 e. The summed E-state index contributed by atoms with van der Waals surface area (Å²) in [5.74, 6) is 1.04. The molecule has 0 saturated carbocycles. The molecule has 100 valence electrons. The quantitative estimate of drug-likeness (QED) is 0.772. The molecule has 19 heavy (non-hydrogen) atoms. The van der Waals surface area contributed by atoms with Crippen LogP contribution in [-0.2, 0) is 6.54 Å². The number of pyridine rings is 1. The van der Waals surface area contributed by atoms with Gasteiger partial charge in [-0.05, 0) is 32.0 Å². The van der Waals surface area contributed by atoms with Gasteiger partial charge < -0.3 is 9.32 Å². The number of hydrogen-bond acceptors (Lipinski definition) is 4. The zero-order chi connectivity index (χ0) is 13.8. The number of aryl methyl sites for hydroxylation is 1. The van der Waals surface area contributed by atoms with E-state index in [4.69, 9.17) is 4.42 Å². The largest absolute Gasteiger partial charge is 0.437 e. The molecule has 0 N–H and O–H groups in total. The summed E-state index contributed by atoms with van der Waals surface area (Å²) in [6, 6.07) is 9.50. The highest BCUT2D eigenvalue weighted by atomic mass is 16.4. The lowest BCUT2D eigenvalue weighted by molar-refractivity contribution is 0.0987. The fourth-order valence-electron chi connectivity index (χ4n) is 1.92. The number of hydrogen-bond donors (Lipinski definition) is 0. The molecule has 0 aromatic carbocycles. The summed E-state index contributed by atoms with van der Waals surface area (Å²) in [4.78, 5) is 17.8. The first-order valence-electron chi connectivity index (χ1n) is 6.38. The third-order valence-corrected chi connectivity index (χ3v) is 2.93. The number of anilines is 1. The lowest BCUT2D eigenvalue weighted by Gasteiger charge is -2.19. The molecule has 0 atom stereocenters. The van der Waals surface area contributed by atoms with Crippen LogP contribution in [0.4, 0.5) is 5.88 Å². The van der Waals surface area contributed by atoms with E-state index < -0.39 is 0 Å². The molecule has 0 radical (unpaired) electrons. The summed E-state index contributed by atoms with van der Waals surface area (Å²) in [7, 11) is 0. The van der Waals surface area contributed by atoms with Crippen LogP contribution in [0.1, 0.15) is 35.8 Å². The molecule has 0 aliphatic carbocycles. The molecule has 2 aromatic rings. The number of nitrogens with zero attached hydrogens (tertiary/aromatic N) is 2. The zero-order valence-electron chi connectivity index (χ0n) is 11.5. The molecule has 0 fully saturated rings. The van der Waals surface area contributed by atoms with E-state index in [1.165, 1.54) is 6.92 Å². The molecule has 0 saturated heterocycles. The number of rotatable bonds is 5. The second-order valence-electron chi connectivity index (χ2n) is 4.48. The van der Waals surface area contributed by atoms with Crippen LogP contribution in [0.15, 0.2) is 34.7 Å². The first-order valence-corrected chi connectivity index (χ1v) is 6.38. The topological polar surface area (TPSA) is 46.3 Å². The Balaban J connectivity index is 2.17. The maximum atomic E-state index is 11.2. The van der Waals surface area contributed by atoms with Crippen LogP contribution in [0.3, 0.4) is 0 Å². The van der Waals surface area contributed by atoms with Crippen molar-refractivity contribution in [1.29, 1.82) is 0 Å². The summed E-state index contributed by atoms with van der Waals surface area (Å²) >= 11 is 0. The lowest BCUT2D eigenvalue weighted by atomic mass is 10.3. The SMILES string of the molecule is CCN(Cc1cccc(C)n1)c1ccc(C(C)=O)o1. The van der Waals surface area contributed by atoms with Crippen LogP contribution < -0.4 is 4.90 Å². The van der Waals surface area contributed by atoms with E-state index in [-0.39, 0.29) is 5.78 Å². The summed E-state index contributed by atoms with van der Waals surface area (Å²) in [6.45, 7) is 6.98. The highest BCUT2D eigenvalue weighted by Crippen LogP contribution is 2.20. The van der Waals surface area contributed by atoms with Crippen molar-refractivity contribution in [2.75, 3.05) is 11.4 Å². The fourth-order valence-corrected chi connectivity index (χ4v) is 1.92. The van der Waals surface area contributed by atoms with Gasteiger partial charge in [0.2, 0.25) is 0 Å². The minimum atomic E-state index is -0.0593. The second kappa shape index (κ2) is 5.69.